The van der Waals surface area contributed by atoms with Gasteiger partial charge in [0.25, 0.3) is 0 Å². The van der Waals surface area contributed by atoms with Crippen molar-refractivity contribution in [2.24, 2.45) is 0 Å². The van der Waals surface area contributed by atoms with Crippen LogP contribution in [0.5, 0.6) is 0 Å². The highest BCUT2D eigenvalue weighted by atomic mass is 16.5. The molecular formula is C14H18O2. The first-order chi connectivity index (χ1) is 7.67. The number of esters is 1. The van der Waals surface area contributed by atoms with Crippen molar-refractivity contribution >= 4 is 5.97 Å². The van der Waals surface area contributed by atoms with Crippen LogP contribution in [0.25, 0.3) is 0 Å². The predicted molar refractivity (Wildman–Crippen MR) is 65.1 cm³/mol. The van der Waals surface area contributed by atoms with E-state index in [1.54, 1.807) is 0 Å². The monoisotopic (exact) mass is 218 g/mol. The number of ether oxygens (including phenoxy) is 1. The van der Waals surface area contributed by atoms with E-state index in [1.165, 1.54) is 11.6 Å². The van der Waals surface area contributed by atoms with Gasteiger partial charge < -0.3 is 4.74 Å². The summed E-state index contributed by atoms with van der Waals surface area (Å²) >= 11 is 0. The van der Waals surface area contributed by atoms with Gasteiger partial charge in [0.2, 0.25) is 0 Å². The summed E-state index contributed by atoms with van der Waals surface area (Å²) in [4.78, 5) is 10.9. The van der Waals surface area contributed by atoms with E-state index in [9.17, 15) is 4.79 Å². The SMILES string of the molecule is C=CC(=O)OCc1ccc(C(C)CC)cc1. The second-order valence-electron chi connectivity index (χ2n) is 3.86. The fourth-order valence-electron chi connectivity index (χ4n) is 1.39. The lowest BCUT2D eigenvalue weighted by atomic mass is 9.98. The van der Waals surface area contributed by atoms with Gasteiger partial charge in [-0.2, -0.15) is 0 Å². The smallest absolute Gasteiger partial charge is 0.330 e. The molecule has 0 bridgehead atoms. The summed E-state index contributed by atoms with van der Waals surface area (Å²) in [6.45, 7) is 8.03. The highest BCUT2D eigenvalue weighted by Crippen LogP contribution is 2.18. The van der Waals surface area contributed by atoms with Crippen molar-refractivity contribution in [3.8, 4) is 0 Å². The number of benzene rings is 1. The van der Waals surface area contributed by atoms with Gasteiger partial charge in [-0.1, -0.05) is 44.7 Å². The van der Waals surface area contributed by atoms with Crippen LogP contribution in [0, 0.1) is 0 Å². The molecule has 0 aliphatic carbocycles. The van der Waals surface area contributed by atoms with E-state index in [0.717, 1.165) is 12.0 Å². The van der Waals surface area contributed by atoms with Gasteiger partial charge >= 0.3 is 5.97 Å². The molecule has 0 aliphatic heterocycles. The largest absolute Gasteiger partial charge is 0.458 e. The van der Waals surface area contributed by atoms with E-state index in [-0.39, 0.29) is 5.97 Å². The van der Waals surface area contributed by atoms with Crippen LogP contribution in [0.15, 0.2) is 36.9 Å². The Morgan fingerprint density at radius 2 is 2.06 bits per heavy atom. The lowest BCUT2D eigenvalue weighted by molar-refractivity contribution is -0.138. The zero-order chi connectivity index (χ0) is 12.0. The maximum absolute atomic E-state index is 10.9. The van der Waals surface area contributed by atoms with Crippen molar-refractivity contribution in [1.29, 1.82) is 0 Å². The molecule has 16 heavy (non-hydrogen) atoms. The topological polar surface area (TPSA) is 26.3 Å². The number of carbonyl (C=O) groups is 1. The Kier molecular flexibility index (Phi) is 4.77. The second kappa shape index (κ2) is 6.11. The zero-order valence-corrected chi connectivity index (χ0v) is 9.90. The summed E-state index contributed by atoms with van der Waals surface area (Å²) in [7, 11) is 0. The summed E-state index contributed by atoms with van der Waals surface area (Å²) in [5.74, 6) is 0.191. The third kappa shape index (κ3) is 3.54. The average molecular weight is 218 g/mol. The lowest BCUT2D eigenvalue weighted by Crippen LogP contribution is -2.00. The van der Waals surface area contributed by atoms with Crippen molar-refractivity contribution in [2.45, 2.75) is 32.8 Å². The van der Waals surface area contributed by atoms with Crippen LogP contribution in [-0.2, 0) is 16.1 Å². The minimum atomic E-state index is -0.383. The van der Waals surface area contributed by atoms with E-state index in [0.29, 0.717) is 12.5 Å². The average Bonchev–Trinajstić information content (AvgIpc) is 2.35. The quantitative estimate of drug-likeness (QED) is 0.559. The van der Waals surface area contributed by atoms with E-state index in [1.807, 2.05) is 12.1 Å². The molecule has 0 spiro atoms. The van der Waals surface area contributed by atoms with Crippen LogP contribution in [0.1, 0.15) is 37.3 Å². The maximum atomic E-state index is 10.9. The first-order valence-corrected chi connectivity index (χ1v) is 5.55. The summed E-state index contributed by atoms with van der Waals surface area (Å²) in [6.07, 6.45) is 2.30. The fraction of sp³-hybridized carbons (Fsp3) is 0.357. The molecule has 1 aromatic carbocycles. The second-order valence-corrected chi connectivity index (χ2v) is 3.86. The number of carbonyl (C=O) groups excluding carboxylic acids is 1. The molecule has 1 aromatic rings. The normalized spacial score (nSPS) is 11.9. The van der Waals surface area contributed by atoms with Gasteiger partial charge in [0.05, 0.1) is 0 Å². The van der Waals surface area contributed by atoms with Crippen LogP contribution in [-0.4, -0.2) is 5.97 Å². The number of hydrogen-bond acceptors (Lipinski definition) is 2. The molecule has 0 amide bonds. The molecular weight excluding hydrogens is 200 g/mol. The van der Waals surface area contributed by atoms with Crippen LogP contribution < -0.4 is 0 Å². The molecule has 2 heteroatoms. The molecule has 0 radical (unpaired) electrons. The van der Waals surface area contributed by atoms with Crippen molar-refractivity contribution in [1.82, 2.24) is 0 Å². The van der Waals surface area contributed by atoms with Gasteiger partial charge in [-0.05, 0) is 23.5 Å². The Morgan fingerprint density at radius 3 is 2.56 bits per heavy atom. The molecule has 1 rings (SSSR count). The first-order valence-electron chi connectivity index (χ1n) is 5.55. The van der Waals surface area contributed by atoms with Crippen molar-refractivity contribution in [3.63, 3.8) is 0 Å². The Bertz CT molecular complexity index is 352. The molecule has 0 aliphatic rings. The van der Waals surface area contributed by atoms with Crippen LogP contribution in [0.2, 0.25) is 0 Å². The molecule has 0 aromatic heterocycles. The summed E-state index contributed by atoms with van der Waals surface area (Å²) < 4.78 is 4.95. The van der Waals surface area contributed by atoms with E-state index >= 15 is 0 Å². The third-order valence-electron chi connectivity index (χ3n) is 2.71. The maximum Gasteiger partial charge on any atom is 0.330 e. The van der Waals surface area contributed by atoms with E-state index in [4.69, 9.17) is 4.74 Å². The Hall–Kier alpha value is -1.57. The fourth-order valence-corrected chi connectivity index (χ4v) is 1.39. The molecule has 0 fully saturated rings. The highest BCUT2D eigenvalue weighted by molar-refractivity contribution is 5.81. The number of hydrogen-bond donors (Lipinski definition) is 0. The Morgan fingerprint density at radius 1 is 1.44 bits per heavy atom. The number of rotatable bonds is 5. The van der Waals surface area contributed by atoms with Crippen molar-refractivity contribution < 1.29 is 9.53 Å². The Labute approximate surface area is 96.9 Å². The van der Waals surface area contributed by atoms with Gasteiger partial charge in [-0.3, -0.25) is 0 Å². The van der Waals surface area contributed by atoms with Crippen molar-refractivity contribution in [3.05, 3.63) is 48.0 Å². The summed E-state index contributed by atoms with van der Waals surface area (Å²) in [6, 6.07) is 8.17. The molecule has 0 saturated heterocycles. The van der Waals surface area contributed by atoms with E-state index in [2.05, 4.69) is 32.6 Å². The van der Waals surface area contributed by atoms with Gasteiger partial charge in [0.15, 0.2) is 0 Å². The van der Waals surface area contributed by atoms with Gasteiger partial charge in [-0.25, -0.2) is 4.79 Å². The van der Waals surface area contributed by atoms with Crippen molar-refractivity contribution in [2.75, 3.05) is 0 Å². The molecule has 0 N–H and O–H groups in total. The summed E-state index contributed by atoms with van der Waals surface area (Å²) in [5.41, 5.74) is 2.32. The predicted octanol–water partition coefficient (Wildman–Crippen LogP) is 3.43. The minimum Gasteiger partial charge on any atom is -0.458 e. The van der Waals surface area contributed by atoms with Gasteiger partial charge in [-0.15, -0.1) is 0 Å². The molecule has 2 nitrogen and oxygen atoms in total. The van der Waals surface area contributed by atoms with E-state index < -0.39 is 0 Å². The Balaban J connectivity index is 2.57. The standard InChI is InChI=1S/C14H18O2/c1-4-11(3)13-8-6-12(7-9-13)10-16-14(15)5-2/h5-9,11H,2,4,10H2,1,3H3. The van der Waals surface area contributed by atoms with Gasteiger partial charge in [0, 0.05) is 6.08 Å². The lowest BCUT2D eigenvalue weighted by Gasteiger charge is -2.09. The molecule has 1 atom stereocenters. The molecule has 86 valence electrons. The third-order valence-corrected chi connectivity index (χ3v) is 2.71. The first kappa shape index (κ1) is 12.5. The van der Waals surface area contributed by atoms with Crippen LogP contribution >= 0.6 is 0 Å². The zero-order valence-electron chi connectivity index (χ0n) is 9.90. The van der Waals surface area contributed by atoms with Crippen LogP contribution in [0.3, 0.4) is 0 Å². The highest BCUT2D eigenvalue weighted by Gasteiger charge is 2.03. The molecule has 0 heterocycles. The van der Waals surface area contributed by atoms with Crippen LogP contribution in [0.4, 0.5) is 0 Å². The summed E-state index contributed by atoms with van der Waals surface area (Å²) in [5, 5.41) is 0. The molecule has 1 unspecified atom stereocenters. The minimum absolute atomic E-state index is 0.311. The van der Waals surface area contributed by atoms with Gasteiger partial charge in [0.1, 0.15) is 6.61 Å². The molecule has 0 saturated carbocycles.